The minimum Gasteiger partial charge on any atom is -0.300 e. The Hall–Kier alpha value is -1.06. The van der Waals surface area contributed by atoms with Crippen molar-refractivity contribution in [3.05, 3.63) is 5.01 Å². The first-order valence-electron chi connectivity index (χ1n) is 10.1. The lowest BCUT2D eigenvalue weighted by molar-refractivity contribution is -0.120. The van der Waals surface area contributed by atoms with E-state index >= 15 is 0 Å². The van der Waals surface area contributed by atoms with Crippen molar-refractivity contribution in [1.29, 1.82) is 0 Å². The molecule has 1 unspecified atom stereocenters. The van der Waals surface area contributed by atoms with E-state index in [9.17, 15) is 13.2 Å². The fraction of sp³-hybridized carbons (Fsp3) is 0.833. The number of hydrogen-bond acceptors (Lipinski definition) is 6. The number of nitrogens with one attached hydrogen (secondary N) is 1. The molecule has 0 bridgehead atoms. The summed E-state index contributed by atoms with van der Waals surface area (Å²) in [5.74, 6) is 0.358. The van der Waals surface area contributed by atoms with E-state index in [0.29, 0.717) is 36.9 Å². The number of carbonyl (C=O) groups excluding carboxylic acids is 1. The van der Waals surface area contributed by atoms with Crippen LogP contribution in [0.1, 0.15) is 63.3 Å². The average molecular weight is 415 g/mol. The topological polar surface area (TPSA) is 92.3 Å². The second-order valence-corrected chi connectivity index (χ2v) is 10.9. The van der Waals surface area contributed by atoms with Gasteiger partial charge in [0, 0.05) is 19.5 Å². The van der Waals surface area contributed by atoms with Crippen molar-refractivity contribution in [2.45, 2.75) is 64.7 Å². The van der Waals surface area contributed by atoms with Crippen LogP contribution in [-0.2, 0) is 21.2 Å². The van der Waals surface area contributed by atoms with Gasteiger partial charge < -0.3 is 5.32 Å². The van der Waals surface area contributed by atoms with Gasteiger partial charge in [-0.1, -0.05) is 50.4 Å². The van der Waals surface area contributed by atoms with Crippen LogP contribution in [0.15, 0.2) is 0 Å². The number of carbonyl (C=O) groups is 1. The zero-order valence-corrected chi connectivity index (χ0v) is 17.7. The van der Waals surface area contributed by atoms with Crippen molar-refractivity contribution in [2.75, 3.05) is 24.2 Å². The highest BCUT2D eigenvalue weighted by molar-refractivity contribution is 7.89. The van der Waals surface area contributed by atoms with Crippen molar-refractivity contribution in [3.8, 4) is 0 Å². The standard InChI is InChI=1S/C18H30N4O3S2/c1-2-11-27(24,25)22-10-6-9-15(13-22)17(23)19-18-21-20-16(26-18)12-14-7-4-3-5-8-14/h14-15H,2-13H2,1H3,(H,19,21,23). The average Bonchev–Trinajstić information content (AvgIpc) is 3.09. The molecule has 1 aliphatic carbocycles. The summed E-state index contributed by atoms with van der Waals surface area (Å²) in [7, 11) is -3.26. The molecule has 1 atom stereocenters. The van der Waals surface area contributed by atoms with E-state index in [1.807, 2.05) is 6.92 Å². The first-order chi connectivity index (χ1) is 13.0. The lowest BCUT2D eigenvalue weighted by atomic mass is 9.87. The van der Waals surface area contributed by atoms with Gasteiger partial charge in [-0.3, -0.25) is 4.79 Å². The van der Waals surface area contributed by atoms with Gasteiger partial charge in [-0.2, -0.15) is 0 Å². The smallest absolute Gasteiger partial charge is 0.230 e. The number of amides is 1. The van der Waals surface area contributed by atoms with E-state index in [-0.39, 0.29) is 24.1 Å². The molecule has 2 fully saturated rings. The van der Waals surface area contributed by atoms with Crippen LogP contribution < -0.4 is 5.32 Å². The molecule has 1 aromatic heterocycles. The zero-order chi connectivity index (χ0) is 19.3. The van der Waals surface area contributed by atoms with Gasteiger partial charge >= 0.3 is 0 Å². The normalized spacial score (nSPS) is 22.6. The molecule has 0 radical (unpaired) electrons. The first kappa shape index (κ1) is 20.7. The maximum atomic E-state index is 12.6. The number of piperidine rings is 1. The van der Waals surface area contributed by atoms with E-state index in [1.54, 1.807) is 0 Å². The SMILES string of the molecule is CCCS(=O)(=O)N1CCCC(C(=O)Nc2nnc(CC3CCCCC3)s2)C1. The molecule has 0 aromatic carbocycles. The molecule has 7 nitrogen and oxygen atoms in total. The van der Waals surface area contributed by atoms with Crippen LogP contribution in [0.25, 0.3) is 0 Å². The second kappa shape index (κ2) is 9.43. The summed E-state index contributed by atoms with van der Waals surface area (Å²) in [5.41, 5.74) is 0. The molecule has 2 aliphatic rings. The summed E-state index contributed by atoms with van der Waals surface area (Å²) >= 11 is 1.45. The number of aromatic nitrogens is 2. The largest absolute Gasteiger partial charge is 0.300 e. The van der Waals surface area contributed by atoms with Crippen molar-refractivity contribution in [3.63, 3.8) is 0 Å². The van der Waals surface area contributed by atoms with Gasteiger partial charge in [0.15, 0.2) is 0 Å². The molecular weight excluding hydrogens is 384 g/mol. The summed E-state index contributed by atoms with van der Waals surface area (Å²) < 4.78 is 26.0. The fourth-order valence-electron chi connectivity index (χ4n) is 4.03. The molecule has 27 heavy (non-hydrogen) atoms. The van der Waals surface area contributed by atoms with Crippen molar-refractivity contribution < 1.29 is 13.2 Å². The van der Waals surface area contributed by atoms with Crippen molar-refractivity contribution in [2.24, 2.45) is 11.8 Å². The van der Waals surface area contributed by atoms with Crippen LogP contribution in [0, 0.1) is 11.8 Å². The molecule has 9 heteroatoms. The Labute approximate surface area is 166 Å². The molecule has 1 N–H and O–H groups in total. The molecule has 152 valence electrons. The predicted octanol–water partition coefficient (Wildman–Crippen LogP) is 3.05. The van der Waals surface area contributed by atoms with E-state index in [4.69, 9.17) is 0 Å². The Kier molecular flexibility index (Phi) is 7.22. The van der Waals surface area contributed by atoms with Gasteiger partial charge in [0.1, 0.15) is 5.01 Å². The van der Waals surface area contributed by atoms with E-state index in [2.05, 4.69) is 15.5 Å². The molecule has 1 saturated carbocycles. The summed E-state index contributed by atoms with van der Waals surface area (Å²) in [6.45, 7) is 2.63. The quantitative estimate of drug-likeness (QED) is 0.740. The second-order valence-electron chi connectivity index (χ2n) is 7.71. The first-order valence-corrected chi connectivity index (χ1v) is 12.5. The van der Waals surface area contributed by atoms with Crippen molar-refractivity contribution >= 4 is 32.4 Å². The number of hydrogen-bond donors (Lipinski definition) is 1. The van der Waals surface area contributed by atoms with Gasteiger partial charge in [-0.05, 0) is 25.2 Å². The molecule has 1 aliphatic heterocycles. The van der Waals surface area contributed by atoms with Crippen LogP contribution in [0.3, 0.4) is 0 Å². The summed E-state index contributed by atoms with van der Waals surface area (Å²) in [4.78, 5) is 12.6. The molecular formula is C18H30N4O3S2. The van der Waals surface area contributed by atoms with Gasteiger partial charge in [-0.25, -0.2) is 12.7 Å². The maximum absolute atomic E-state index is 12.6. The number of anilines is 1. The van der Waals surface area contributed by atoms with Crippen molar-refractivity contribution in [1.82, 2.24) is 14.5 Å². The third-order valence-corrected chi connectivity index (χ3v) is 8.40. The third kappa shape index (κ3) is 5.71. The Morgan fingerprint density at radius 2 is 1.96 bits per heavy atom. The Morgan fingerprint density at radius 3 is 2.70 bits per heavy atom. The molecule has 2 heterocycles. The van der Waals surface area contributed by atoms with Crippen LogP contribution >= 0.6 is 11.3 Å². The van der Waals surface area contributed by atoms with Gasteiger partial charge in [0.25, 0.3) is 0 Å². The van der Waals surface area contributed by atoms with Gasteiger partial charge in [-0.15, -0.1) is 10.2 Å². The van der Waals surface area contributed by atoms with Crippen LogP contribution in [0.5, 0.6) is 0 Å². The fourth-order valence-corrected chi connectivity index (χ4v) is 6.47. The number of rotatable bonds is 7. The van der Waals surface area contributed by atoms with E-state index < -0.39 is 10.0 Å². The highest BCUT2D eigenvalue weighted by Crippen LogP contribution is 2.29. The Morgan fingerprint density at radius 1 is 1.19 bits per heavy atom. The highest BCUT2D eigenvalue weighted by Gasteiger charge is 2.32. The summed E-state index contributed by atoms with van der Waals surface area (Å²) in [5, 5.41) is 12.7. The Bertz CT molecular complexity index is 729. The maximum Gasteiger partial charge on any atom is 0.230 e. The number of nitrogens with zero attached hydrogens (tertiary/aromatic N) is 3. The van der Waals surface area contributed by atoms with E-state index in [1.165, 1.54) is 47.7 Å². The molecule has 0 spiro atoms. The molecule has 1 saturated heterocycles. The third-order valence-electron chi connectivity index (χ3n) is 5.50. The summed E-state index contributed by atoms with van der Waals surface area (Å²) in [6.07, 6.45) is 9.39. The molecule has 1 aromatic rings. The van der Waals surface area contributed by atoms with Gasteiger partial charge in [0.05, 0.1) is 11.7 Å². The lowest BCUT2D eigenvalue weighted by Crippen LogP contribution is -2.44. The monoisotopic (exact) mass is 414 g/mol. The summed E-state index contributed by atoms with van der Waals surface area (Å²) in [6, 6.07) is 0. The predicted molar refractivity (Wildman–Crippen MR) is 107 cm³/mol. The minimum atomic E-state index is -3.26. The minimum absolute atomic E-state index is 0.141. The van der Waals surface area contributed by atoms with E-state index in [0.717, 1.165) is 11.4 Å². The lowest BCUT2D eigenvalue weighted by Gasteiger charge is -2.30. The van der Waals surface area contributed by atoms with Gasteiger partial charge in [0.2, 0.25) is 21.1 Å². The molecule has 3 rings (SSSR count). The highest BCUT2D eigenvalue weighted by atomic mass is 32.2. The van der Waals surface area contributed by atoms with Crippen LogP contribution in [0.4, 0.5) is 5.13 Å². The van der Waals surface area contributed by atoms with Crippen LogP contribution in [-0.4, -0.2) is 47.7 Å². The molecule has 1 amide bonds. The number of sulfonamides is 1. The zero-order valence-electron chi connectivity index (χ0n) is 16.0. The van der Waals surface area contributed by atoms with Crippen LogP contribution in [0.2, 0.25) is 0 Å². The Balaban J connectivity index is 1.54.